The predicted molar refractivity (Wildman–Crippen MR) is 60.3 cm³/mol. The number of amides is 1. The molecule has 0 aromatic heterocycles. The molecule has 15 heavy (non-hydrogen) atoms. The van der Waals surface area contributed by atoms with E-state index in [2.05, 4.69) is 5.32 Å². The van der Waals surface area contributed by atoms with Gasteiger partial charge in [-0.05, 0) is 38.0 Å². The van der Waals surface area contributed by atoms with Crippen LogP contribution in [0.25, 0.3) is 0 Å². The van der Waals surface area contributed by atoms with Crippen molar-refractivity contribution < 1.29 is 4.79 Å². The highest BCUT2D eigenvalue weighted by atomic mass is 16.2. The van der Waals surface area contributed by atoms with Crippen LogP contribution in [0.1, 0.15) is 45.4 Å². The molecule has 3 N–H and O–H groups in total. The fourth-order valence-corrected chi connectivity index (χ4v) is 3.17. The Balaban J connectivity index is 1.82. The molecule has 86 valence electrons. The molecule has 2 aliphatic carbocycles. The number of nitrogens with two attached hydrogens (primary N) is 1. The van der Waals surface area contributed by atoms with E-state index >= 15 is 0 Å². The molecule has 2 fully saturated rings. The zero-order chi connectivity index (χ0) is 10.8. The van der Waals surface area contributed by atoms with E-state index in [1.807, 2.05) is 0 Å². The summed E-state index contributed by atoms with van der Waals surface area (Å²) in [6, 6.07) is 0.0224. The van der Waals surface area contributed by atoms with Crippen LogP contribution < -0.4 is 11.1 Å². The SMILES string of the molecule is C[C@H](N)C(=O)NC1CCC2CCCC2C1. The summed E-state index contributed by atoms with van der Waals surface area (Å²) in [5.41, 5.74) is 5.55. The molecule has 2 rings (SSSR count). The fourth-order valence-electron chi connectivity index (χ4n) is 3.17. The summed E-state index contributed by atoms with van der Waals surface area (Å²) >= 11 is 0. The number of rotatable bonds is 2. The standard InChI is InChI=1S/C12H22N2O/c1-8(13)12(15)14-11-6-5-9-3-2-4-10(9)7-11/h8-11H,2-7,13H2,1H3,(H,14,15)/t8-,9?,10?,11?/m0/s1. The monoisotopic (exact) mass is 210 g/mol. The van der Waals surface area contributed by atoms with Gasteiger partial charge in [0.05, 0.1) is 6.04 Å². The van der Waals surface area contributed by atoms with E-state index in [-0.39, 0.29) is 11.9 Å². The van der Waals surface area contributed by atoms with Crippen LogP contribution in [-0.2, 0) is 4.79 Å². The lowest BCUT2D eigenvalue weighted by Crippen LogP contribution is -2.46. The van der Waals surface area contributed by atoms with Crippen molar-refractivity contribution in [2.75, 3.05) is 0 Å². The van der Waals surface area contributed by atoms with Crippen LogP contribution in [0.4, 0.5) is 0 Å². The summed E-state index contributed by atoms with van der Waals surface area (Å²) < 4.78 is 0. The molecular formula is C12H22N2O. The number of nitrogens with one attached hydrogen (secondary N) is 1. The second-order valence-corrected chi connectivity index (χ2v) is 5.26. The largest absolute Gasteiger partial charge is 0.352 e. The molecule has 1 amide bonds. The van der Waals surface area contributed by atoms with Crippen LogP contribution in [0.3, 0.4) is 0 Å². The zero-order valence-corrected chi connectivity index (χ0v) is 9.54. The summed E-state index contributed by atoms with van der Waals surface area (Å²) in [5, 5.41) is 3.07. The second kappa shape index (κ2) is 4.52. The molecule has 3 unspecified atom stereocenters. The minimum absolute atomic E-state index is 0.0106. The third kappa shape index (κ3) is 2.51. The number of hydrogen-bond donors (Lipinski definition) is 2. The van der Waals surface area contributed by atoms with Crippen LogP contribution in [0.5, 0.6) is 0 Å². The van der Waals surface area contributed by atoms with E-state index in [0.717, 1.165) is 18.3 Å². The van der Waals surface area contributed by atoms with Gasteiger partial charge in [0, 0.05) is 6.04 Å². The van der Waals surface area contributed by atoms with Gasteiger partial charge in [-0.15, -0.1) is 0 Å². The maximum absolute atomic E-state index is 11.5. The van der Waals surface area contributed by atoms with Gasteiger partial charge in [0.2, 0.25) is 5.91 Å². The Morgan fingerprint density at radius 2 is 2.00 bits per heavy atom. The van der Waals surface area contributed by atoms with E-state index in [4.69, 9.17) is 5.73 Å². The van der Waals surface area contributed by atoms with Gasteiger partial charge in [0.1, 0.15) is 0 Å². The average Bonchev–Trinajstić information content (AvgIpc) is 2.64. The Morgan fingerprint density at radius 3 is 2.73 bits per heavy atom. The van der Waals surface area contributed by atoms with Crippen molar-refractivity contribution >= 4 is 5.91 Å². The molecule has 2 aliphatic rings. The Labute approximate surface area is 91.8 Å². The topological polar surface area (TPSA) is 55.1 Å². The normalized spacial score (nSPS) is 37.1. The van der Waals surface area contributed by atoms with Gasteiger partial charge in [0.25, 0.3) is 0 Å². The van der Waals surface area contributed by atoms with Crippen molar-refractivity contribution in [2.45, 2.75) is 57.5 Å². The molecule has 0 bridgehead atoms. The van der Waals surface area contributed by atoms with E-state index in [9.17, 15) is 4.79 Å². The Kier molecular flexibility index (Phi) is 3.29. The minimum Gasteiger partial charge on any atom is -0.352 e. The molecule has 0 aromatic rings. The van der Waals surface area contributed by atoms with Gasteiger partial charge in [-0.2, -0.15) is 0 Å². The minimum atomic E-state index is -0.369. The number of fused-ring (bicyclic) bond motifs is 1. The van der Waals surface area contributed by atoms with Crippen molar-refractivity contribution in [2.24, 2.45) is 17.6 Å². The summed E-state index contributed by atoms with van der Waals surface area (Å²) in [5.74, 6) is 1.84. The highest BCUT2D eigenvalue weighted by molar-refractivity contribution is 5.81. The van der Waals surface area contributed by atoms with Gasteiger partial charge >= 0.3 is 0 Å². The lowest BCUT2D eigenvalue weighted by atomic mass is 9.79. The van der Waals surface area contributed by atoms with Gasteiger partial charge < -0.3 is 11.1 Å². The quantitative estimate of drug-likeness (QED) is 0.724. The van der Waals surface area contributed by atoms with Crippen molar-refractivity contribution in [3.05, 3.63) is 0 Å². The summed E-state index contributed by atoms with van der Waals surface area (Å²) in [4.78, 5) is 11.5. The first-order valence-corrected chi connectivity index (χ1v) is 6.22. The molecule has 4 atom stereocenters. The fraction of sp³-hybridized carbons (Fsp3) is 0.917. The van der Waals surface area contributed by atoms with Gasteiger partial charge in [-0.1, -0.05) is 19.3 Å². The summed E-state index contributed by atoms with van der Waals surface area (Å²) in [7, 11) is 0. The number of carbonyl (C=O) groups excluding carboxylic acids is 1. The lowest BCUT2D eigenvalue weighted by Gasteiger charge is -2.32. The predicted octanol–water partition coefficient (Wildman–Crippen LogP) is 1.42. The molecule has 0 heterocycles. The first-order chi connectivity index (χ1) is 7.16. The Morgan fingerprint density at radius 1 is 1.27 bits per heavy atom. The first-order valence-electron chi connectivity index (χ1n) is 6.22. The van der Waals surface area contributed by atoms with Gasteiger partial charge in [0.15, 0.2) is 0 Å². The Bertz CT molecular complexity index is 240. The van der Waals surface area contributed by atoms with Crippen molar-refractivity contribution in [3.63, 3.8) is 0 Å². The zero-order valence-electron chi connectivity index (χ0n) is 9.54. The van der Waals surface area contributed by atoms with Gasteiger partial charge in [-0.25, -0.2) is 0 Å². The third-order valence-corrected chi connectivity index (χ3v) is 4.05. The third-order valence-electron chi connectivity index (χ3n) is 4.05. The van der Waals surface area contributed by atoms with E-state index < -0.39 is 0 Å². The molecule has 3 nitrogen and oxygen atoms in total. The molecule has 0 aliphatic heterocycles. The van der Waals surface area contributed by atoms with Crippen LogP contribution in [-0.4, -0.2) is 18.0 Å². The maximum atomic E-state index is 11.5. The average molecular weight is 210 g/mol. The number of hydrogen-bond acceptors (Lipinski definition) is 2. The summed E-state index contributed by atoms with van der Waals surface area (Å²) in [6.45, 7) is 1.75. The molecule has 0 radical (unpaired) electrons. The maximum Gasteiger partial charge on any atom is 0.236 e. The molecule has 0 aromatic carbocycles. The Hall–Kier alpha value is -0.570. The molecule has 0 saturated heterocycles. The van der Waals surface area contributed by atoms with Crippen LogP contribution in [0.15, 0.2) is 0 Å². The van der Waals surface area contributed by atoms with E-state index in [0.29, 0.717) is 6.04 Å². The van der Waals surface area contributed by atoms with Crippen LogP contribution >= 0.6 is 0 Å². The van der Waals surface area contributed by atoms with Crippen LogP contribution in [0, 0.1) is 11.8 Å². The van der Waals surface area contributed by atoms with Crippen molar-refractivity contribution in [1.29, 1.82) is 0 Å². The van der Waals surface area contributed by atoms with Gasteiger partial charge in [-0.3, -0.25) is 4.79 Å². The van der Waals surface area contributed by atoms with E-state index in [1.54, 1.807) is 6.92 Å². The highest BCUT2D eigenvalue weighted by Crippen LogP contribution is 2.41. The van der Waals surface area contributed by atoms with Crippen molar-refractivity contribution in [1.82, 2.24) is 5.32 Å². The smallest absolute Gasteiger partial charge is 0.236 e. The van der Waals surface area contributed by atoms with Crippen LogP contribution in [0.2, 0.25) is 0 Å². The first kappa shape index (κ1) is 10.9. The van der Waals surface area contributed by atoms with Crippen molar-refractivity contribution in [3.8, 4) is 0 Å². The molecular weight excluding hydrogens is 188 g/mol. The highest BCUT2D eigenvalue weighted by Gasteiger charge is 2.34. The second-order valence-electron chi connectivity index (χ2n) is 5.26. The molecule has 0 spiro atoms. The number of carbonyl (C=O) groups is 1. The van der Waals surface area contributed by atoms with E-state index in [1.165, 1.54) is 32.1 Å². The molecule has 3 heteroatoms. The lowest BCUT2D eigenvalue weighted by molar-refractivity contribution is -0.123. The summed E-state index contributed by atoms with van der Waals surface area (Å²) in [6.07, 6.45) is 7.81. The molecule has 2 saturated carbocycles.